The van der Waals surface area contributed by atoms with E-state index in [1.54, 1.807) is 32.5 Å². The number of hydrogen-bond acceptors (Lipinski definition) is 4. The highest BCUT2D eigenvalue weighted by molar-refractivity contribution is 7.80. The van der Waals surface area contributed by atoms with Crippen LogP contribution in [0.4, 0.5) is 10.1 Å². The molecule has 2 aromatic carbocycles. The van der Waals surface area contributed by atoms with Gasteiger partial charge in [-0.3, -0.25) is 4.98 Å². The molecule has 5 rings (SSSR count). The molecule has 34 heavy (non-hydrogen) atoms. The summed E-state index contributed by atoms with van der Waals surface area (Å²) in [6.45, 7) is 0. The molecule has 0 radical (unpaired) electrons. The van der Waals surface area contributed by atoms with Gasteiger partial charge in [0, 0.05) is 29.8 Å². The molecule has 3 heterocycles. The molecule has 172 valence electrons. The lowest BCUT2D eigenvalue weighted by Crippen LogP contribution is -2.30. The normalized spacial score (nSPS) is 17.5. The number of methoxy groups -OCH3 is 2. The predicted octanol–water partition coefficient (Wildman–Crippen LogP) is 5.21. The minimum atomic E-state index is -0.282. The molecule has 1 fully saturated rings. The van der Waals surface area contributed by atoms with E-state index < -0.39 is 0 Å². The average Bonchev–Trinajstić information content (AvgIpc) is 3.49. The van der Waals surface area contributed by atoms with Gasteiger partial charge in [0.25, 0.3) is 0 Å². The average molecular weight is 475 g/mol. The third-order valence-corrected chi connectivity index (χ3v) is 6.25. The quantitative estimate of drug-likeness (QED) is 0.388. The Kier molecular flexibility index (Phi) is 5.90. The number of anilines is 1. The topological polar surface area (TPSA) is 51.6 Å². The van der Waals surface area contributed by atoms with Gasteiger partial charge in [0.15, 0.2) is 5.11 Å². The van der Waals surface area contributed by atoms with E-state index >= 15 is 0 Å². The number of nitrogens with zero attached hydrogens (tertiary/aromatic N) is 3. The Bertz CT molecular complexity index is 1310. The molecule has 2 aromatic heterocycles. The molecule has 0 bridgehead atoms. The molecule has 2 unspecified atom stereocenters. The second kappa shape index (κ2) is 9.15. The number of aromatic nitrogens is 2. The van der Waals surface area contributed by atoms with Crippen LogP contribution in [0, 0.1) is 5.82 Å². The minimum absolute atomic E-state index is 0.237. The van der Waals surface area contributed by atoms with Crippen LogP contribution in [0.3, 0.4) is 0 Å². The fourth-order valence-electron chi connectivity index (χ4n) is 4.37. The van der Waals surface area contributed by atoms with Crippen molar-refractivity contribution in [2.75, 3.05) is 19.1 Å². The molecule has 1 saturated heterocycles. The molecular weight excluding hydrogens is 451 g/mol. The summed E-state index contributed by atoms with van der Waals surface area (Å²) in [5, 5.41) is 4.00. The Morgan fingerprint density at radius 1 is 0.971 bits per heavy atom. The molecule has 0 saturated carbocycles. The molecule has 4 aromatic rings. The van der Waals surface area contributed by atoms with Gasteiger partial charge in [-0.1, -0.05) is 6.07 Å². The van der Waals surface area contributed by atoms with Crippen molar-refractivity contribution in [3.05, 3.63) is 102 Å². The van der Waals surface area contributed by atoms with Crippen molar-refractivity contribution in [1.82, 2.24) is 14.9 Å². The summed E-state index contributed by atoms with van der Waals surface area (Å²) in [4.78, 5) is 6.64. The minimum Gasteiger partial charge on any atom is -0.497 e. The number of nitrogens with one attached hydrogen (secondary N) is 1. The predicted molar refractivity (Wildman–Crippen MR) is 133 cm³/mol. The standard InChI is InChI=1S/C26H23FN4O2S/c1-32-19-12-13-23(33-2)22(16-19)31-25(24(29-26(31)34)20-6-3-4-14-28-20)21-7-5-15-30(21)18-10-8-17(27)9-11-18/h3-16,24-25H,1-2H3,(H,29,34). The van der Waals surface area contributed by atoms with Gasteiger partial charge in [-0.2, -0.15) is 0 Å². The van der Waals surface area contributed by atoms with E-state index in [0.29, 0.717) is 16.6 Å². The summed E-state index contributed by atoms with van der Waals surface area (Å²) in [7, 11) is 3.25. The zero-order valence-electron chi connectivity index (χ0n) is 18.7. The Balaban J connectivity index is 1.70. The Morgan fingerprint density at radius 3 is 2.50 bits per heavy atom. The fraction of sp³-hybridized carbons (Fsp3) is 0.154. The number of hydrogen-bond donors (Lipinski definition) is 1. The first-order valence-corrected chi connectivity index (χ1v) is 11.2. The van der Waals surface area contributed by atoms with E-state index in [2.05, 4.69) is 10.3 Å². The lowest BCUT2D eigenvalue weighted by molar-refractivity contribution is 0.402. The summed E-state index contributed by atoms with van der Waals surface area (Å²) in [5.74, 6) is 1.07. The zero-order valence-corrected chi connectivity index (χ0v) is 19.5. The summed E-state index contributed by atoms with van der Waals surface area (Å²) >= 11 is 5.85. The summed E-state index contributed by atoms with van der Waals surface area (Å²) in [6, 6.07) is 21.4. The third kappa shape index (κ3) is 3.86. The van der Waals surface area contributed by atoms with Gasteiger partial charge in [0.1, 0.15) is 23.4 Å². The van der Waals surface area contributed by atoms with Crippen molar-refractivity contribution in [3.8, 4) is 17.2 Å². The SMILES string of the molecule is COc1ccc(OC)c(N2C(=S)NC(c3ccccn3)C2c2cccn2-c2ccc(F)cc2)c1. The van der Waals surface area contributed by atoms with Crippen LogP contribution in [-0.2, 0) is 0 Å². The van der Waals surface area contributed by atoms with E-state index in [4.69, 9.17) is 21.7 Å². The van der Waals surface area contributed by atoms with E-state index in [-0.39, 0.29) is 17.9 Å². The van der Waals surface area contributed by atoms with Crippen LogP contribution in [0.1, 0.15) is 23.5 Å². The zero-order chi connectivity index (χ0) is 23.7. The van der Waals surface area contributed by atoms with Crippen LogP contribution in [0.15, 0.2) is 85.2 Å². The van der Waals surface area contributed by atoms with Gasteiger partial charge < -0.3 is 24.3 Å². The third-order valence-electron chi connectivity index (χ3n) is 5.93. The fourth-order valence-corrected chi connectivity index (χ4v) is 4.71. The molecule has 6 nitrogen and oxygen atoms in total. The van der Waals surface area contributed by atoms with Gasteiger partial charge in [-0.15, -0.1) is 0 Å². The molecule has 1 N–H and O–H groups in total. The van der Waals surface area contributed by atoms with Crippen molar-refractivity contribution in [3.63, 3.8) is 0 Å². The Labute approximate surface area is 202 Å². The first-order valence-electron chi connectivity index (χ1n) is 10.8. The molecular formula is C26H23FN4O2S. The van der Waals surface area contributed by atoms with E-state index in [1.165, 1.54) is 12.1 Å². The molecule has 2 atom stereocenters. The van der Waals surface area contributed by atoms with Crippen molar-refractivity contribution in [2.24, 2.45) is 0 Å². The number of pyridine rings is 1. The van der Waals surface area contributed by atoms with Gasteiger partial charge in [0.05, 0.1) is 31.6 Å². The molecule has 0 amide bonds. The number of thiocarbonyl (C=S) groups is 1. The van der Waals surface area contributed by atoms with E-state index in [0.717, 1.165) is 22.8 Å². The molecule has 8 heteroatoms. The molecule has 0 spiro atoms. The Hall–Kier alpha value is -3.91. The van der Waals surface area contributed by atoms with Crippen molar-refractivity contribution < 1.29 is 13.9 Å². The maximum atomic E-state index is 13.6. The van der Waals surface area contributed by atoms with E-state index in [9.17, 15) is 4.39 Å². The lowest BCUT2D eigenvalue weighted by Gasteiger charge is -2.30. The first kappa shape index (κ1) is 21.9. The Morgan fingerprint density at radius 2 is 1.79 bits per heavy atom. The second-order valence-electron chi connectivity index (χ2n) is 7.81. The van der Waals surface area contributed by atoms with Crippen LogP contribution in [0.5, 0.6) is 11.5 Å². The molecule has 1 aliphatic heterocycles. The number of benzene rings is 2. The van der Waals surface area contributed by atoms with Crippen LogP contribution < -0.4 is 19.7 Å². The van der Waals surface area contributed by atoms with Gasteiger partial charge >= 0.3 is 0 Å². The number of ether oxygens (including phenoxy) is 2. The van der Waals surface area contributed by atoms with Crippen LogP contribution in [0.25, 0.3) is 5.69 Å². The lowest BCUT2D eigenvalue weighted by atomic mass is 10.0. The highest BCUT2D eigenvalue weighted by atomic mass is 32.1. The van der Waals surface area contributed by atoms with Crippen LogP contribution >= 0.6 is 12.2 Å². The molecule has 0 aliphatic carbocycles. The smallest absolute Gasteiger partial charge is 0.174 e. The van der Waals surface area contributed by atoms with Gasteiger partial charge in [-0.05, 0) is 72.9 Å². The van der Waals surface area contributed by atoms with Gasteiger partial charge in [-0.25, -0.2) is 4.39 Å². The second-order valence-corrected chi connectivity index (χ2v) is 8.20. The maximum absolute atomic E-state index is 13.6. The summed E-state index contributed by atoms with van der Waals surface area (Å²) < 4.78 is 26.8. The highest BCUT2D eigenvalue weighted by Gasteiger charge is 2.43. The van der Waals surface area contributed by atoms with Crippen molar-refractivity contribution >= 4 is 23.0 Å². The summed E-state index contributed by atoms with van der Waals surface area (Å²) in [5.41, 5.74) is 3.43. The summed E-state index contributed by atoms with van der Waals surface area (Å²) in [6.07, 6.45) is 3.73. The van der Waals surface area contributed by atoms with Gasteiger partial charge in [0.2, 0.25) is 0 Å². The molecule has 1 aliphatic rings. The van der Waals surface area contributed by atoms with Crippen LogP contribution in [0.2, 0.25) is 0 Å². The number of rotatable bonds is 6. The highest BCUT2D eigenvalue weighted by Crippen LogP contribution is 2.46. The van der Waals surface area contributed by atoms with E-state index in [1.807, 2.05) is 64.2 Å². The van der Waals surface area contributed by atoms with Crippen molar-refractivity contribution in [2.45, 2.75) is 12.1 Å². The van der Waals surface area contributed by atoms with Crippen LogP contribution in [-0.4, -0.2) is 28.9 Å². The first-order chi connectivity index (χ1) is 16.6. The van der Waals surface area contributed by atoms with Crippen molar-refractivity contribution in [1.29, 1.82) is 0 Å². The largest absolute Gasteiger partial charge is 0.497 e. The maximum Gasteiger partial charge on any atom is 0.174 e. The number of halogens is 1. The monoisotopic (exact) mass is 474 g/mol.